The van der Waals surface area contributed by atoms with Gasteiger partial charge in [0.05, 0.1) is 25.0 Å². The number of carbonyl (C=O) groups is 1. The van der Waals surface area contributed by atoms with Gasteiger partial charge in [0.25, 0.3) is 0 Å². The summed E-state index contributed by atoms with van der Waals surface area (Å²) < 4.78 is 5.18. The number of hydrogen-bond donors (Lipinski definition) is 2. The quantitative estimate of drug-likeness (QED) is 0.881. The number of benzene rings is 1. The van der Waals surface area contributed by atoms with Crippen LogP contribution in [0.15, 0.2) is 36.5 Å². The number of carbonyl (C=O) groups excluding carboxylic acids is 1. The Balaban J connectivity index is 1.94. The van der Waals surface area contributed by atoms with Crippen LogP contribution in [0.5, 0.6) is 5.75 Å². The lowest BCUT2D eigenvalue weighted by atomic mass is 10.3. The molecule has 2 N–H and O–H groups in total. The number of hydrogen-bond acceptors (Lipinski definition) is 5. The summed E-state index contributed by atoms with van der Waals surface area (Å²) in [6, 6.07) is 8.65. The Bertz CT molecular complexity index is 645. The number of ether oxygens (including phenoxy) is 1. The van der Waals surface area contributed by atoms with Crippen LogP contribution in [0.2, 0.25) is 0 Å². The summed E-state index contributed by atoms with van der Waals surface area (Å²) in [4.78, 5) is 22.2. The summed E-state index contributed by atoms with van der Waals surface area (Å²) in [5, 5.41) is 5.49. The highest BCUT2D eigenvalue weighted by Crippen LogP contribution is 2.22. The Morgan fingerprint density at radius 3 is 2.77 bits per heavy atom. The minimum absolute atomic E-state index is 0.310. The van der Waals surface area contributed by atoms with E-state index >= 15 is 0 Å². The molecule has 0 saturated heterocycles. The summed E-state index contributed by atoms with van der Waals surface area (Å²) >= 11 is 0. The Morgan fingerprint density at radius 1 is 1.27 bits per heavy atom. The van der Waals surface area contributed by atoms with Gasteiger partial charge in [-0.2, -0.15) is 0 Å². The van der Waals surface area contributed by atoms with E-state index in [9.17, 15) is 4.79 Å². The van der Waals surface area contributed by atoms with E-state index in [0.29, 0.717) is 23.9 Å². The molecule has 0 unspecified atom stereocenters. The summed E-state index contributed by atoms with van der Waals surface area (Å²) in [5.41, 5.74) is 1.34. The number of amides is 2. The lowest BCUT2D eigenvalue weighted by molar-refractivity contribution is 0.251. The van der Waals surface area contributed by atoms with Gasteiger partial charge >= 0.3 is 6.03 Å². The molecule has 22 heavy (non-hydrogen) atoms. The molecule has 0 atom stereocenters. The van der Waals surface area contributed by atoms with Gasteiger partial charge in [-0.1, -0.05) is 12.1 Å². The Morgan fingerprint density at radius 2 is 2.05 bits per heavy atom. The highest BCUT2D eigenvalue weighted by molar-refractivity contribution is 5.90. The molecular weight excluding hydrogens is 282 g/mol. The third-order valence-electron chi connectivity index (χ3n) is 2.89. The van der Waals surface area contributed by atoms with Gasteiger partial charge in [-0.15, -0.1) is 0 Å². The van der Waals surface area contributed by atoms with E-state index in [1.807, 2.05) is 26.2 Å². The highest BCUT2D eigenvalue weighted by atomic mass is 16.5. The summed E-state index contributed by atoms with van der Waals surface area (Å²) in [6.45, 7) is 0.310. The minimum atomic E-state index is -0.325. The molecular formula is C15H19N5O2. The summed E-state index contributed by atoms with van der Waals surface area (Å²) in [7, 11) is 5.28. The molecule has 1 heterocycles. The van der Waals surface area contributed by atoms with Crippen molar-refractivity contribution in [2.45, 2.75) is 6.54 Å². The van der Waals surface area contributed by atoms with E-state index in [0.717, 1.165) is 5.69 Å². The molecule has 0 aliphatic heterocycles. The highest BCUT2D eigenvalue weighted by Gasteiger charge is 2.07. The zero-order chi connectivity index (χ0) is 15.9. The van der Waals surface area contributed by atoms with Crippen LogP contribution in [-0.2, 0) is 6.54 Å². The summed E-state index contributed by atoms with van der Waals surface area (Å²) in [5.74, 6) is 1.21. The van der Waals surface area contributed by atoms with Gasteiger partial charge in [0.2, 0.25) is 5.95 Å². The SMILES string of the molecule is COc1ccccc1NC(=O)NCc1ccnc(N(C)C)n1. The van der Waals surface area contributed by atoms with Gasteiger partial charge in [0.1, 0.15) is 5.75 Å². The Labute approximate surface area is 129 Å². The number of aromatic nitrogens is 2. The van der Waals surface area contributed by atoms with Crippen LogP contribution in [0.1, 0.15) is 5.69 Å². The third kappa shape index (κ3) is 4.08. The first-order valence-electron chi connectivity index (χ1n) is 6.77. The van der Waals surface area contributed by atoms with Crippen molar-refractivity contribution in [3.05, 3.63) is 42.2 Å². The molecule has 1 aromatic heterocycles. The van der Waals surface area contributed by atoms with Gasteiger partial charge in [-0.3, -0.25) is 0 Å². The van der Waals surface area contributed by atoms with E-state index in [1.165, 1.54) is 0 Å². The predicted molar refractivity (Wildman–Crippen MR) is 85.2 cm³/mol. The molecule has 0 aliphatic carbocycles. The van der Waals surface area contributed by atoms with Crippen molar-refractivity contribution in [2.75, 3.05) is 31.4 Å². The first-order valence-corrected chi connectivity index (χ1v) is 6.77. The number of para-hydroxylation sites is 2. The molecule has 0 saturated carbocycles. The summed E-state index contributed by atoms with van der Waals surface area (Å²) in [6.07, 6.45) is 1.66. The third-order valence-corrected chi connectivity index (χ3v) is 2.89. The van der Waals surface area contributed by atoms with Crippen LogP contribution in [-0.4, -0.2) is 37.2 Å². The molecule has 2 rings (SSSR count). The van der Waals surface area contributed by atoms with Crippen LogP contribution in [0.3, 0.4) is 0 Å². The van der Waals surface area contributed by atoms with Crippen molar-refractivity contribution in [3.8, 4) is 5.75 Å². The molecule has 1 aromatic carbocycles. The number of anilines is 2. The second-order valence-corrected chi connectivity index (χ2v) is 4.75. The average Bonchev–Trinajstić information content (AvgIpc) is 2.53. The number of urea groups is 1. The van der Waals surface area contributed by atoms with Crippen LogP contribution >= 0.6 is 0 Å². The molecule has 2 aromatic rings. The smallest absolute Gasteiger partial charge is 0.319 e. The van der Waals surface area contributed by atoms with Crippen LogP contribution in [0, 0.1) is 0 Å². The van der Waals surface area contributed by atoms with Crippen molar-refractivity contribution in [2.24, 2.45) is 0 Å². The fourth-order valence-corrected chi connectivity index (χ4v) is 1.78. The minimum Gasteiger partial charge on any atom is -0.495 e. The lowest BCUT2D eigenvalue weighted by Gasteiger charge is -2.12. The van der Waals surface area contributed by atoms with Crippen molar-refractivity contribution in [1.82, 2.24) is 15.3 Å². The largest absolute Gasteiger partial charge is 0.495 e. The van der Waals surface area contributed by atoms with Gasteiger partial charge in [-0.25, -0.2) is 14.8 Å². The van der Waals surface area contributed by atoms with E-state index in [4.69, 9.17) is 4.74 Å². The molecule has 7 heteroatoms. The molecule has 7 nitrogen and oxygen atoms in total. The number of rotatable bonds is 5. The van der Waals surface area contributed by atoms with E-state index < -0.39 is 0 Å². The number of nitrogens with zero attached hydrogens (tertiary/aromatic N) is 3. The van der Waals surface area contributed by atoms with Crippen LogP contribution in [0.25, 0.3) is 0 Å². The molecule has 2 amide bonds. The fraction of sp³-hybridized carbons (Fsp3) is 0.267. The van der Waals surface area contributed by atoms with E-state index in [2.05, 4.69) is 20.6 Å². The molecule has 0 bridgehead atoms. The van der Waals surface area contributed by atoms with Gasteiger partial charge in [0, 0.05) is 20.3 Å². The van der Waals surface area contributed by atoms with Crippen LogP contribution in [0.4, 0.5) is 16.4 Å². The standard InChI is InChI=1S/C15H19N5O2/c1-20(2)14-16-9-8-11(18-14)10-17-15(21)19-12-6-4-5-7-13(12)22-3/h4-9H,10H2,1-3H3,(H2,17,19,21). The predicted octanol–water partition coefficient (Wildman–Crippen LogP) is 1.87. The van der Waals surface area contributed by atoms with E-state index in [-0.39, 0.29) is 6.03 Å². The van der Waals surface area contributed by atoms with Gasteiger partial charge in [-0.05, 0) is 18.2 Å². The Kier molecular flexibility index (Phi) is 5.13. The van der Waals surface area contributed by atoms with Gasteiger partial charge < -0.3 is 20.3 Å². The number of methoxy groups -OCH3 is 1. The molecule has 0 spiro atoms. The first kappa shape index (κ1) is 15.6. The van der Waals surface area contributed by atoms with Crippen molar-refractivity contribution >= 4 is 17.7 Å². The van der Waals surface area contributed by atoms with Gasteiger partial charge in [0.15, 0.2) is 0 Å². The number of nitrogens with one attached hydrogen (secondary N) is 2. The molecule has 0 radical (unpaired) electrons. The maximum absolute atomic E-state index is 11.9. The second kappa shape index (κ2) is 7.26. The lowest BCUT2D eigenvalue weighted by Crippen LogP contribution is -2.29. The van der Waals surface area contributed by atoms with E-state index in [1.54, 1.807) is 36.4 Å². The normalized spacial score (nSPS) is 9.95. The molecule has 116 valence electrons. The second-order valence-electron chi connectivity index (χ2n) is 4.75. The van der Waals surface area contributed by atoms with Crippen molar-refractivity contribution in [1.29, 1.82) is 0 Å². The van der Waals surface area contributed by atoms with Crippen molar-refractivity contribution in [3.63, 3.8) is 0 Å². The first-order chi connectivity index (χ1) is 10.6. The fourth-order valence-electron chi connectivity index (χ4n) is 1.78. The maximum Gasteiger partial charge on any atom is 0.319 e. The zero-order valence-electron chi connectivity index (χ0n) is 12.8. The maximum atomic E-state index is 11.9. The Hall–Kier alpha value is -2.83. The average molecular weight is 301 g/mol. The monoisotopic (exact) mass is 301 g/mol. The topological polar surface area (TPSA) is 79.4 Å². The molecule has 0 fully saturated rings. The van der Waals surface area contributed by atoms with Crippen LogP contribution < -0.4 is 20.3 Å². The molecule has 0 aliphatic rings. The zero-order valence-corrected chi connectivity index (χ0v) is 12.8. The van der Waals surface area contributed by atoms with Crippen molar-refractivity contribution < 1.29 is 9.53 Å².